The van der Waals surface area contributed by atoms with E-state index in [0.29, 0.717) is 5.76 Å². The van der Waals surface area contributed by atoms with Gasteiger partial charge in [0.05, 0.1) is 16.0 Å². The van der Waals surface area contributed by atoms with E-state index >= 15 is 0 Å². The van der Waals surface area contributed by atoms with E-state index in [-0.39, 0.29) is 5.83 Å². The Kier molecular flexibility index (Phi) is 5.88. The molecule has 0 fully saturated rings. The van der Waals surface area contributed by atoms with Crippen molar-refractivity contribution in [3.63, 3.8) is 0 Å². The van der Waals surface area contributed by atoms with Crippen LogP contribution in [0.15, 0.2) is 55.0 Å². The van der Waals surface area contributed by atoms with Crippen LogP contribution in [0.3, 0.4) is 0 Å². The maximum atomic E-state index is 12.9. The Morgan fingerprint density at radius 1 is 1.46 bits per heavy atom. The largest absolute Gasteiger partial charge is 0.391 e. The van der Waals surface area contributed by atoms with Crippen LogP contribution in [0, 0.1) is 11.5 Å². The molecule has 0 bridgehead atoms. The molecule has 2 aromatic rings. The van der Waals surface area contributed by atoms with Crippen LogP contribution in [0.5, 0.6) is 0 Å². The van der Waals surface area contributed by atoms with Gasteiger partial charge in [0.25, 0.3) is 6.26 Å². The van der Waals surface area contributed by atoms with Crippen LogP contribution < -0.4 is 5.32 Å². The lowest BCUT2D eigenvalue weighted by Crippen LogP contribution is -1.97. The number of allylic oxidation sites excluding steroid dienone is 5. The van der Waals surface area contributed by atoms with Gasteiger partial charge in [-0.15, -0.1) is 16.6 Å². The molecule has 1 aromatic heterocycles. The van der Waals surface area contributed by atoms with Gasteiger partial charge in [-0.1, -0.05) is 12.7 Å². The molecule has 0 unspecified atom stereocenters. The number of rotatable bonds is 6. The molecule has 0 amide bonds. The summed E-state index contributed by atoms with van der Waals surface area (Å²) in [4.78, 5) is 4.57. The Labute approximate surface area is 143 Å². The van der Waals surface area contributed by atoms with Crippen LogP contribution in [-0.4, -0.2) is 12.0 Å². The highest BCUT2D eigenvalue weighted by Gasteiger charge is 2.10. The molecule has 4 nitrogen and oxygen atoms in total. The van der Waals surface area contributed by atoms with Crippen molar-refractivity contribution in [3.05, 3.63) is 65.6 Å². The molecule has 122 valence electrons. The maximum Gasteiger partial charge on any atom is 0.292 e. The number of fused-ring (bicyclic) bond motifs is 1. The predicted molar refractivity (Wildman–Crippen MR) is 96.4 cm³/mol. The van der Waals surface area contributed by atoms with E-state index in [9.17, 15) is 4.39 Å². The summed E-state index contributed by atoms with van der Waals surface area (Å²) in [5.41, 5.74) is 2.25. The number of benzene rings is 1. The van der Waals surface area contributed by atoms with Crippen molar-refractivity contribution < 1.29 is 9.13 Å². The molecular formula is C18H16FN3OS. The first-order valence-electron chi connectivity index (χ1n) is 7.10. The fourth-order valence-electron chi connectivity index (χ4n) is 1.99. The van der Waals surface area contributed by atoms with E-state index in [1.165, 1.54) is 24.3 Å². The van der Waals surface area contributed by atoms with Gasteiger partial charge in [0, 0.05) is 24.4 Å². The van der Waals surface area contributed by atoms with Crippen LogP contribution in [0.2, 0.25) is 0 Å². The number of aromatic nitrogens is 1. The SMILES string of the molecule is C=C/C(=C\C=C(/C)F)c1nc2cc(/C(=C/NC)OC#N)ccc2s1. The van der Waals surface area contributed by atoms with Crippen molar-refractivity contribution >= 4 is 32.9 Å². The van der Waals surface area contributed by atoms with Crippen molar-refractivity contribution in [2.45, 2.75) is 6.92 Å². The van der Waals surface area contributed by atoms with Gasteiger partial charge in [-0.05, 0) is 37.3 Å². The van der Waals surface area contributed by atoms with Gasteiger partial charge in [0.1, 0.15) is 5.01 Å². The minimum atomic E-state index is -0.284. The van der Waals surface area contributed by atoms with Gasteiger partial charge in [0.15, 0.2) is 5.76 Å². The second-order valence-corrected chi connectivity index (χ2v) is 5.80. The number of hydrogen-bond acceptors (Lipinski definition) is 5. The van der Waals surface area contributed by atoms with Gasteiger partial charge < -0.3 is 10.1 Å². The average Bonchev–Trinajstić information content (AvgIpc) is 2.97. The third kappa shape index (κ3) is 4.09. The van der Waals surface area contributed by atoms with Gasteiger partial charge in [-0.2, -0.15) is 0 Å². The maximum absolute atomic E-state index is 12.9. The fraction of sp³-hybridized carbons (Fsp3) is 0.111. The molecule has 2 rings (SSSR count). The van der Waals surface area contributed by atoms with Gasteiger partial charge in [-0.3, -0.25) is 0 Å². The van der Waals surface area contributed by atoms with E-state index in [2.05, 4.69) is 16.9 Å². The van der Waals surface area contributed by atoms with E-state index < -0.39 is 0 Å². The predicted octanol–water partition coefficient (Wildman–Crippen LogP) is 4.75. The minimum Gasteiger partial charge on any atom is -0.391 e. The molecule has 6 heteroatoms. The summed E-state index contributed by atoms with van der Waals surface area (Å²) in [5, 5.41) is 12.3. The van der Waals surface area contributed by atoms with Crippen molar-refractivity contribution in [2.75, 3.05) is 7.05 Å². The normalized spacial score (nSPS) is 12.8. The van der Waals surface area contributed by atoms with Crippen LogP contribution in [0.25, 0.3) is 21.5 Å². The number of hydrogen-bond donors (Lipinski definition) is 1. The Balaban J connectivity index is 2.47. The zero-order valence-electron chi connectivity index (χ0n) is 13.3. The first kappa shape index (κ1) is 17.4. The summed E-state index contributed by atoms with van der Waals surface area (Å²) in [6.45, 7) is 5.13. The number of nitrogens with zero attached hydrogens (tertiary/aromatic N) is 2. The molecule has 1 heterocycles. The molecule has 0 radical (unpaired) electrons. The lowest BCUT2D eigenvalue weighted by molar-refractivity contribution is 0.460. The average molecular weight is 341 g/mol. The standard InChI is InChI=1S/C18H16FN3OS/c1-4-13(6-5-12(2)19)18-22-15-9-14(7-8-17(15)24-18)16(10-21-3)23-11-20/h4-10,21H,1H2,2-3H3/b12-5+,13-6+,16-10-. The van der Waals surface area contributed by atoms with Crippen LogP contribution in [0.1, 0.15) is 17.5 Å². The van der Waals surface area contributed by atoms with E-state index in [1.54, 1.807) is 31.7 Å². The quantitative estimate of drug-likeness (QED) is 0.468. The Hall–Kier alpha value is -2.91. The minimum absolute atomic E-state index is 0.284. The summed E-state index contributed by atoms with van der Waals surface area (Å²) in [5.74, 6) is 0.125. The number of nitriles is 1. The zero-order valence-corrected chi connectivity index (χ0v) is 14.2. The van der Waals surface area contributed by atoms with Crippen molar-refractivity contribution in [3.8, 4) is 6.26 Å². The number of halogens is 1. The summed E-state index contributed by atoms with van der Waals surface area (Å²) < 4.78 is 18.9. The molecule has 0 saturated carbocycles. The molecule has 24 heavy (non-hydrogen) atoms. The summed E-state index contributed by atoms with van der Waals surface area (Å²) in [6.07, 6.45) is 7.93. The van der Waals surface area contributed by atoms with Crippen molar-refractivity contribution in [1.82, 2.24) is 10.3 Å². The molecule has 0 spiro atoms. The van der Waals surface area contributed by atoms with E-state index in [1.807, 2.05) is 18.2 Å². The fourth-order valence-corrected chi connectivity index (χ4v) is 2.95. The highest BCUT2D eigenvalue weighted by atomic mass is 32.1. The topological polar surface area (TPSA) is 57.9 Å². The molecular weight excluding hydrogens is 325 g/mol. The molecule has 0 aliphatic heterocycles. The van der Waals surface area contributed by atoms with Gasteiger partial charge in [-0.25, -0.2) is 9.37 Å². The van der Waals surface area contributed by atoms with E-state index in [4.69, 9.17) is 10.00 Å². The number of nitrogens with one attached hydrogen (secondary N) is 1. The van der Waals surface area contributed by atoms with Crippen LogP contribution in [0.4, 0.5) is 4.39 Å². The van der Waals surface area contributed by atoms with Crippen LogP contribution in [-0.2, 0) is 4.74 Å². The summed E-state index contributed by atoms with van der Waals surface area (Å²) >= 11 is 1.49. The van der Waals surface area contributed by atoms with E-state index in [0.717, 1.165) is 26.4 Å². The Bertz CT molecular complexity index is 883. The molecule has 0 atom stereocenters. The summed E-state index contributed by atoms with van der Waals surface area (Å²) in [6, 6.07) is 5.60. The van der Waals surface area contributed by atoms with Crippen molar-refractivity contribution in [2.24, 2.45) is 0 Å². The zero-order chi connectivity index (χ0) is 17.5. The van der Waals surface area contributed by atoms with Gasteiger partial charge >= 0.3 is 0 Å². The molecule has 0 saturated heterocycles. The van der Waals surface area contributed by atoms with Crippen molar-refractivity contribution in [1.29, 1.82) is 5.26 Å². The first-order valence-corrected chi connectivity index (χ1v) is 7.92. The Morgan fingerprint density at radius 3 is 2.88 bits per heavy atom. The highest BCUT2D eigenvalue weighted by molar-refractivity contribution is 7.19. The van der Waals surface area contributed by atoms with Gasteiger partial charge in [0.2, 0.25) is 0 Å². The third-order valence-electron chi connectivity index (χ3n) is 3.06. The monoisotopic (exact) mass is 341 g/mol. The second-order valence-electron chi connectivity index (χ2n) is 4.77. The number of thiazole rings is 1. The second kappa shape index (κ2) is 8.09. The van der Waals surface area contributed by atoms with Crippen LogP contribution >= 0.6 is 11.3 Å². The Morgan fingerprint density at radius 2 is 2.25 bits per heavy atom. The third-order valence-corrected chi connectivity index (χ3v) is 4.15. The molecule has 0 aliphatic rings. The summed E-state index contributed by atoms with van der Waals surface area (Å²) in [7, 11) is 1.72. The molecule has 0 aliphatic carbocycles. The lowest BCUT2D eigenvalue weighted by Gasteiger charge is -2.03. The molecule has 1 N–H and O–H groups in total. The smallest absolute Gasteiger partial charge is 0.292 e. The highest BCUT2D eigenvalue weighted by Crippen LogP contribution is 2.30. The number of ether oxygens (including phenoxy) is 1. The lowest BCUT2D eigenvalue weighted by atomic mass is 10.2. The first-order chi connectivity index (χ1) is 11.6. The molecule has 1 aromatic carbocycles.